The number of ether oxygens (including phenoxy) is 7. The molecule has 0 fully saturated rings. The quantitative estimate of drug-likeness (QED) is 0.225. The minimum atomic E-state index is -0.504. The highest BCUT2D eigenvalue weighted by Gasteiger charge is 2.15. The highest BCUT2D eigenvalue weighted by molar-refractivity contribution is 5.67. The number of alkyl carbamates (subject to hydrolysis) is 1. The van der Waals surface area contributed by atoms with Crippen LogP contribution in [0.3, 0.4) is 0 Å². The molecule has 0 aliphatic rings. The van der Waals surface area contributed by atoms with E-state index in [1.807, 2.05) is 20.8 Å². The van der Waals surface area contributed by atoms with Crippen LogP contribution in [-0.2, 0) is 38.0 Å². The Morgan fingerprint density at radius 1 is 0.690 bits per heavy atom. The fourth-order valence-electron chi connectivity index (χ4n) is 1.77. The van der Waals surface area contributed by atoms with Crippen molar-refractivity contribution in [3.05, 3.63) is 0 Å². The van der Waals surface area contributed by atoms with Crippen molar-refractivity contribution >= 4 is 12.4 Å². The van der Waals surface area contributed by atoms with Crippen molar-refractivity contribution in [3.63, 3.8) is 0 Å². The van der Waals surface area contributed by atoms with Crippen LogP contribution in [0.4, 0.5) is 4.79 Å². The molecule has 0 aliphatic heterocycles. The van der Waals surface area contributed by atoms with E-state index < -0.39 is 11.7 Å². The molecule has 0 unspecified atom stereocenters. The highest BCUT2D eigenvalue weighted by atomic mass is 16.6. The molecular weight excluding hydrogens is 386 g/mol. The van der Waals surface area contributed by atoms with Crippen LogP contribution in [0.15, 0.2) is 0 Å². The molecule has 0 bridgehead atoms. The van der Waals surface area contributed by atoms with Gasteiger partial charge < -0.3 is 43.3 Å². The van der Waals surface area contributed by atoms with Gasteiger partial charge in [0.25, 0.3) is 0 Å². The molecule has 0 atom stereocenters. The van der Waals surface area contributed by atoms with Crippen molar-refractivity contribution in [2.45, 2.75) is 26.4 Å². The van der Waals surface area contributed by atoms with Crippen LogP contribution in [0.1, 0.15) is 20.8 Å². The molecule has 0 aromatic heterocycles. The molecule has 10 heteroatoms. The van der Waals surface area contributed by atoms with Crippen LogP contribution >= 0.6 is 0 Å². The van der Waals surface area contributed by atoms with Gasteiger partial charge in [0.2, 0.25) is 0 Å². The summed E-state index contributed by atoms with van der Waals surface area (Å²) in [5, 5.41) is 2.61. The number of amides is 1. The summed E-state index contributed by atoms with van der Waals surface area (Å²) in [4.78, 5) is 21.4. The maximum absolute atomic E-state index is 11.4. The van der Waals surface area contributed by atoms with Crippen LogP contribution in [0, 0.1) is 0 Å². The molecule has 0 aliphatic carbocycles. The molecule has 0 saturated heterocycles. The minimum Gasteiger partial charge on any atom is -0.444 e. The lowest BCUT2D eigenvalue weighted by molar-refractivity contribution is -0.112. The van der Waals surface area contributed by atoms with Gasteiger partial charge in [-0.05, 0) is 20.8 Å². The summed E-state index contributed by atoms with van der Waals surface area (Å²) in [6.45, 7) is 10.9. The van der Waals surface area contributed by atoms with Gasteiger partial charge in [-0.25, -0.2) is 4.79 Å². The van der Waals surface area contributed by atoms with Gasteiger partial charge in [0.1, 0.15) is 18.5 Å². The Morgan fingerprint density at radius 2 is 1.07 bits per heavy atom. The van der Waals surface area contributed by atoms with Gasteiger partial charge >= 0.3 is 6.09 Å². The number of hydrogen-bond donors (Lipinski definition) is 1. The van der Waals surface area contributed by atoms with Gasteiger partial charge in [-0.3, -0.25) is 0 Å². The van der Waals surface area contributed by atoms with Gasteiger partial charge in [0.05, 0.1) is 72.7 Å². The Kier molecular flexibility index (Phi) is 19.1. The van der Waals surface area contributed by atoms with Gasteiger partial charge in [-0.2, -0.15) is 0 Å². The Bertz CT molecular complexity index is 388. The lowest BCUT2D eigenvalue weighted by Gasteiger charge is -2.19. The molecule has 0 saturated carbocycles. The zero-order chi connectivity index (χ0) is 21.6. The standard InChI is InChI=1S/C19H37NO9/c1-19(2,3)29-18(22)20-4-6-23-8-10-25-12-14-27-16-17-28-15-13-26-11-9-24-7-5-21/h5H,4,6-17H2,1-3H3,(H,20,22). The van der Waals surface area contributed by atoms with E-state index in [4.69, 9.17) is 33.2 Å². The van der Waals surface area contributed by atoms with Crippen molar-refractivity contribution in [2.75, 3.05) is 85.8 Å². The topological polar surface area (TPSA) is 111 Å². The molecule has 1 amide bonds. The summed E-state index contributed by atoms with van der Waals surface area (Å²) >= 11 is 0. The molecule has 0 spiro atoms. The van der Waals surface area contributed by atoms with Gasteiger partial charge in [-0.1, -0.05) is 0 Å². The molecule has 0 aromatic rings. The van der Waals surface area contributed by atoms with Crippen LogP contribution in [0.5, 0.6) is 0 Å². The number of carbonyl (C=O) groups excluding carboxylic acids is 2. The van der Waals surface area contributed by atoms with Crippen molar-refractivity contribution in [2.24, 2.45) is 0 Å². The first-order valence-corrected chi connectivity index (χ1v) is 9.82. The summed E-state index contributed by atoms with van der Waals surface area (Å²) in [6, 6.07) is 0. The van der Waals surface area contributed by atoms with Crippen LogP contribution in [-0.4, -0.2) is 104 Å². The average molecular weight is 424 g/mol. The fourth-order valence-corrected chi connectivity index (χ4v) is 1.77. The zero-order valence-electron chi connectivity index (χ0n) is 17.9. The predicted molar refractivity (Wildman–Crippen MR) is 105 cm³/mol. The number of rotatable bonds is 20. The van der Waals surface area contributed by atoms with Gasteiger partial charge in [-0.15, -0.1) is 0 Å². The number of aldehydes is 1. The molecule has 1 N–H and O–H groups in total. The van der Waals surface area contributed by atoms with E-state index in [1.165, 1.54) is 0 Å². The molecule has 0 radical (unpaired) electrons. The van der Waals surface area contributed by atoms with Crippen molar-refractivity contribution in [1.82, 2.24) is 5.32 Å². The lowest BCUT2D eigenvalue weighted by Crippen LogP contribution is -2.34. The first kappa shape index (κ1) is 27.7. The Hall–Kier alpha value is -1.30. The van der Waals surface area contributed by atoms with E-state index in [0.29, 0.717) is 85.5 Å². The summed E-state index contributed by atoms with van der Waals surface area (Å²) in [5.74, 6) is 0. The van der Waals surface area contributed by atoms with Crippen molar-refractivity contribution in [3.8, 4) is 0 Å². The zero-order valence-corrected chi connectivity index (χ0v) is 17.9. The average Bonchev–Trinajstić information content (AvgIpc) is 2.65. The Labute approximate surface area is 173 Å². The number of hydrogen-bond acceptors (Lipinski definition) is 9. The predicted octanol–water partition coefficient (Wildman–Crippen LogP) is 0.810. The van der Waals surface area contributed by atoms with Crippen LogP contribution < -0.4 is 5.32 Å². The molecule has 0 rings (SSSR count). The van der Waals surface area contributed by atoms with E-state index in [2.05, 4.69) is 5.32 Å². The third-order valence-electron chi connectivity index (χ3n) is 2.96. The second kappa shape index (κ2) is 20.0. The summed E-state index contributed by atoms with van der Waals surface area (Å²) in [6.07, 6.45) is 0.253. The maximum Gasteiger partial charge on any atom is 0.407 e. The second-order valence-electron chi connectivity index (χ2n) is 6.73. The van der Waals surface area contributed by atoms with E-state index in [1.54, 1.807) is 0 Å². The van der Waals surface area contributed by atoms with Crippen LogP contribution in [0.2, 0.25) is 0 Å². The first-order valence-electron chi connectivity index (χ1n) is 9.82. The van der Waals surface area contributed by atoms with Crippen molar-refractivity contribution in [1.29, 1.82) is 0 Å². The number of nitrogens with one attached hydrogen (secondary N) is 1. The van der Waals surface area contributed by atoms with E-state index >= 15 is 0 Å². The molecule has 29 heavy (non-hydrogen) atoms. The van der Waals surface area contributed by atoms with Gasteiger partial charge in [0, 0.05) is 6.54 Å². The van der Waals surface area contributed by atoms with Crippen LogP contribution in [0.25, 0.3) is 0 Å². The molecule has 0 aromatic carbocycles. The van der Waals surface area contributed by atoms with Gasteiger partial charge in [0.15, 0.2) is 0 Å². The SMILES string of the molecule is CC(C)(C)OC(=O)NCCOCCOCCOCCOCCOCCOCC=O. The normalized spacial score (nSPS) is 11.4. The largest absolute Gasteiger partial charge is 0.444 e. The van der Waals surface area contributed by atoms with E-state index in [-0.39, 0.29) is 6.61 Å². The highest BCUT2D eigenvalue weighted by Crippen LogP contribution is 2.05. The smallest absolute Gasteiger partial charge is 0.407 e. The summed E-state index contributed by atoms with van der Waals surface area (Å²) < 4.78 is 36.7. The number of carbonyl (C=O) groups is 2. The van der Waals surface area contributed by atoms with Crippen molar-refractivity contribution < 1.29 is 42.7 Å². The first-order chi connectivity index (χ1) is 14.0. The third-order valence-corrected chi connectivity index (χ3v) is 2.96. The van der Waals surface area contributed by atoms with E-state index in [9.17, 15) is 9.59 Å². The summed E-state index contributed by atoms with van der Waals surface area (Å²) in [5.41, 5.74) is -0.504. The van der Waals surface area contributed by atoms with E-state index in [0.717, 1.165) is 0 Å². The Morgan fingerprint density at radius 3 is 1.45 bits per heavy atom. The maximum atomic E-state index is 11.4. The molecule has 172 valence electrons. The third kappa shape index (κ3) is 24.7. The molecule has 0 heterocycles. The monoisotopic (exact) mass is 423 g/mol. The summed E-state index contributed by atoms with van der Waals surface area (Å²) in [7, 11) is 0. The Balaban J connectivity index is 3.12. The lowest BCUT2D eigenvalue weighted by atomic mass is 10.2. The second-order valence-corrected chi connectivity index (χ2v) is 6.73. The molecular formula is C19H37NO9. The molecule has 10 nitrogen and oxygen atoms in total. The minimum absolute atomic E-state index is 0.0985. The fraction of sp³-hybridized carbons (Fsp3) is 0.895.